The van der Waals surface area contributed by atoms with Gasteiger partial charge in [0.15, 0.2) is 0 Å². The van der Waals surface area contributed by atoms with Gasteiger partial charge in [0.05, 0.1) is 16.6 Å². The van der Waals surface area contributed by atoms with Crippen LogP contribution in [0.5, 0.6) is 0 Å². The van der Waals surface area contributed by atoms with Crippen LogP contribution in [0.2, 0.25) is 0 Å². The maximum absolute atomic E-state index is 12.5. The summed E-state index contributed by atoms with van der Waals surface area (Å²) >= 11 is 0. The molecular formula is C19H21ClN4O. The lowest BCUT2D eigenvalue weighted by molar-refractivity contribution is 0.850. The Balaban J connectivity index is 0.00000113. The Labute approximate surface area is 152 Å². The van der Waals surface area contributed by atoms with E-state index in [1.807, 2.05) is 47.0 Å². The maximum Gasteiger partial charge on any atom is 0.261 e. The number of para-hydroxylation sites is 1. The van der Waals surface area contributed by atoms with E-state index < -0.39 is 0 Å². The third-order valence-electron chi connectivity index (χ3n) is 4.18. The van der Waals surface area contributed by atoms with Crippen LogP contribution in [0.25, 0.3) is 27.8 Å². The Kier molecular flexibility index (Phi) is 5.28. The SMILES string of the molecule is C.CCc1cc(-c2cc3n(C)c(=O)c4ccccc4n3n2)ccn1.Cl. The molecule has 5 nitrogen and oxygen atoms in total. The molecule has 0 N–H and O–H groups in total. The fourth-order valence-electron chi connectivity index (χ4n) is 2.88. The number of nitrogens with zero attached hydrogens (tertiary/aromatic N) is 4. The highest BCUT2D eigenvalue weighted by molar-refractivity contribution is 5.85. The molecule has 0 spiro atoms. The molecule has 130 valence electrons. The number of fused-ring (bicyclic) bond motifs is 3. The predicted octanol–water partition coefficient (Wildman–Crippen LogP) is 3.87. The van der Waals surface area contributed by atoms with Crippen molar-refractivity contribution in [2.45, 2.75) is 20.8 Å². The van der Waals surface area contributed by atoms with Gasteiger partial charge < -0.3 is 0 Å². The third-order valence-corrected chi connectivity index (χ3v) is 4.18. The van der Waals surface area contributed by atoms with Crippen LogP contribution in [-0.2, 0) is 13.5 Å². The molecule has 25 heavy (non-hydrogen) atoms. The molecule has 0 unspecified atom stereocenters. The Morgan fingerprint density at radius 1 is 1.12 bits per heavy atom. The lowest BCUT2D eigenvalue weighted by Crippen LogP contribution is -2.19. The highest BCUT2D eigenvalue weighted by Gasteiger charge is 2.12. The van der Waals surface area contributed by atoms with Crippen molar-refractivity contribution < 1.29 is 0 Å². The first-order valence-corrected chi connectivity index (χ1v) is 7.62. The Morgan fingerprint density at radius 3 is 2.64 bits per heavy atom. The second-order valence-corrected chi connectivity index (χ2v) is 5.57. The predicted molar refractivity (Wildman–Crippen MR) is 105 cm³/mol. The van der Waals surface area contributed by atoms with Crippen molar-refractivity contribution in [1.29, 1.82) is 0 Å². The van der Waals surface area contributed by atoms with E-state index in [-0.39, 0.29) is 25.4 Å². The Morgan fingerprint density at radius 2 is 1.88 bits per heavy atom. The summed E-state index contributed by atoms with van der Waals surface area (Å²) < 4.78 is 3.47. The normalized spacial score (nSPS) is 10.5. The van der Waals surface area contributed by atoms with Gasteiger partial charge in [-0.05, 0) is 30.7 Å². The molecule has 0 amide bonds. The molecule has 0 radical (unpaired) electrons. The number of rotatable bonds is 2. The highest BCUT2D eigenvalue weighted by Crippen LogP contribution is 2.22. The van der Waals surface area contributed by atoms with Crippen LogP contribution >= 0.6 is 12.4 Å². The molecule has 1 aromatic carbocycles. The summed E-state index contributed by atoms with van der Waals surface area (Å²) in [6.07, 6.45) is 2.68. The molecule has 0 aliphatic heterocycles. The largest absolute Gasteiger partial charge is 0.296 e. The molecule has 3 aromatic heterocycles. The Hall–Kier alpha value is -2.66. The van der Waals surface area contributed by atoms with Gasteiger partial charge in [-0.3, -0.25) is 14.3 Å². The zero-order valence-corrected chi connectivity index (χ0v) is 14.2. The first kappa shape index (κ1) is 18.7. The summed E-state index contributed by atoms with van der Waals surface area (Å²) in [6.45, 7) is 2.08. The summed E-state index contributed by atoms with van der Waals surface area (Å²) in [6, 6.07) is 13.5. The van der Waals surface area contributed by atoms with E-state index in [9.17, 15) is 4.79 Å². The van der Waals surface area contributed by atoms with Crippen molar-refractivity contribution in [3.05, 3.63) is 64.7 Å². The van der Waals surface area contributed by atoms with Crippen molar-refractivity contribution in [3.63, 3.8) is 0 Å². The number of hydrogen-bond donors (Lipinski definition) is 0. The van der Waals surface area contributed by atoms with Crippen LogP contribution < -0.4 is 5.56 Å². The van der Waals surface area contributed by atoms with Gasteiger partial charge >= 0.3 is 0 Å². The maximum atomic E-state index is 12.5. The molecule has 0 saturated heterocycles. The fraction of sp³-hybridized carbons (Fsp3) is 0.211. The monoisotopic (exact) mass is 356 g/mol. The van der Waals surface area contributed by atoms with Crippen molar-refractivity contribution in [2.75, 3.05) is 0 Å². The minimum absolute atomic E-state index is 0. The average Bonchev–Trinajstić information content (AvgIpc) is 3.05. The molecule has 0 saturated carbocycles. The summed E-state index contributed by atoms with van der Waals surface area (Å²) in [5.41, 5.74) is 4.47. The number of benzene rings is 1. The van der Waals surface area contributed by atoms with Gasteiger partial charge in [-0.15, -0.1) is 12.4 Å². The number of aromatic nitrogens is 4. The van der Waals surface area contributed by atoms with Crippen molar-refractivity contribution in [3.8, 4) is 11.3 Å². The van der Waals surface area contributed by atoms with Crippen molar-refractivity contribution in [1.82, 2.24) is 19.2 Å². The second kappa shape index (κ2) is 7.07. The third kappa shape index (κ3) is 2.91. The fourth-order valence-corrected chi connectivity index (χ4v) is 2.88. The molecule has 4 rings (SSSR count). The van der Waals surface area contributed by atoms with Crippen LogP contribution in [0.4, 0.5) is 0 Å². The summed E-state index contributed by atoms with van der Waals surface area (Å²) in [7, 11) is 1.78. The zero-order valence-electron chi connectivity index (χ0n) is 13.4. The number of halogens is 1. The van der Waals surface area contributed by atoms with E-state index in [2.05, 4.69) is 11.9 Å². The van der Waals surface area contributed by atoms with Gasteiger partial charge in [0.25, 0.3) is 5.56 Å². The topological polar surface area (TPSA) is 52.2 Å². The van der Waals surface area contributed by atoms with Crippen molar-refractivity contribution in [2.24, 2.45) is 7.05 Å². The molecule has 6 heteroatoms. The number of pyridine rings is 1. The van der Waals surface area contributed by atoms with E-state index in [0.717, 1.165) is 34.5 Å². The van der Waals surface area contributed by atoms with E-state index in [4.69, 9.17) is 5.10 Å². The molecule has 0 aliphatic rings. The van der Waals surface area contributed by atoms with Crippen LogP contribution in [0, 0.1) is 0 Å². The molecule has 3 heterocycles. The minimum atomic E-state index is -0.0106. The van der Waals surface area contributed by atoms with E-state index in [1.54, 1.807) is 17.8 Å². The van der Waals surface area contributed by atoms with E-state index >= 15 is 0 Å². The first-order chi connectivity index (χ1) is 11.2. The highest BCUT2D eigenvalue weighted by atomic mass is 35.5. The minimum Gasteiger partial charge on any atom is -0.296 e. The van der Waals surface area contributed by atoms with Crippen LogP contribution in [-0.4, -0.2) is 19.2 Å². The van der Waals surface area contributed by atoms with Crippen molar-refractivity contribution >= 4 is 29.0 Å². The van der Waals surface area contributed by atoms with E-state index in [0.29, 0.717) is 5.39 Å². The smallest absolute Gasteiger partial charge is 0.261 e. The average molecular weight is 357 g/mol. The molecular weight excluding hydrogens is 336 g/mol. The van der Waals surface area contributed by atoms with Crippen LogP contribution in [0.3, 0.4) is 0 Å². The quantitative estimate of drug-likeness (QED) is 0.548. The molecule has 0 aliphatic carbocycles. The lowest BCUT2D eigenvalue weighted by atomic mass is 10.1. The molecule has 0 atom stereocenters. The molecule has 0 bridgehead atoms. The van der Waals surface area contributed by atoms with Gasteiger partial charge in [0, 0.05) is 30.6 Å². The first-order valence-electron chi connectivity index (χ1n) is 7.62. The summed E-state index contributed by atoms with van der Waals surface area (Å²) in [5, 5.41) is 5.39. The summed E-state index contributed by atoms with van der Waals surface area (Å²) in [5.74, 6) is 0. The Bertz CT molecular complexity index is 1100. The zero-order chi connectivity index (χ0) is 16.0. The van der Waals surface area contributed by atoms with Crippen LogP contribution in [0.15, 0.2) is 53.5 Å². The van der Waals surface area contributed by atoms with Gasteiger partial charge in [-0.1, -0.05) is 26.5 Å². The molecule has 0 fully saturated rings. The van der Waals surface area contributed by atoms with Crippen LogP contribution in [0.1, 0.15) is 20.0 Å². The molecule has 4 aromatic rings. The summed E-state index contributed by atoms with van der Waals surface area (Å²) in [4.78, 5) is 16.8. The number of hydrogen-bond acceptors (Lipinski definition) is 3. The van der Waals surface area contributed by atoms with Gasteiger partial charge in [0.1, 0.15) is 5.65 Å². The van der Waals surface area contributed by atoms with E-state index in [1.165, 1.54) is 0 Å². The van der Waals surface area contributed by atoms with Gasteiger partial charge in [0.2, 0.25) is 0 Å². The second-order valence-electron chi connectivity index (χ2n) is 5.57. The standard InChI is InChI=1S/C18H16N4O.CH4.ClH/c1-3-13-10-12(8-9-19-13)15-11-17-21(2)18(23)14-6-4-5-7-16(14)22(17)20-15;;/h4-11H,3H2,1-2H3;1H4;1H. The number of aryl methyl sites for hydroxylation is 2. The van der Waals surface area contributed by atoms with Gasteiger partial charge in [-0.2, -0.15) is 5.10 Å². The lowest BCUT2D eigenvalue weighted by Gasteiger charge is -2.05. The van der Waals surface area contributed by atoms with Gasteiger partial charge in [-0.25, -0.2) is 4.52 Å².